The van der Waals surface area contributed by atoms with Crippen molar-refractivity contribution in [2.24, 2.45) is 7.05 Å². The number of aromatic nitrogens is 4. The van der Waals surface area contributed by atoms with Crippen LogP contribution >= 0.6 is 0 Å². The van der Waals surface area contributed by atoms with Gasteiger partial charge in [0.2, 0.25) is 0 Å². The Balaban J connectivity index is 1.37. The summed E-state index contributed by atoms with van der Waals surface area (Å²) in [5.41, 5.74) is 3.16. The number of likely N-dealkylation sites (tertiary alicyclic amines) is 1. The van der Waals surface area contributed by atoms with Crippen molar-refractivity contribution in [2.75, 3.05) is 6.54 Å². The predicted molar refractivity (Wildman–Crippen MR) is 109 cm³/mol. The van der Waals surface area contributed by atoms with Crippen LogP contribution in [-0.4, -0.2) is 42.8 Å². The summed E-state index contributed by atoms with van der Waals surface area (Å²) in [6.45, 7) is 4.19. The first-order valence-electron chi connectivity index (χ1n) is 10.1. The van der Waals surface area contributed by atoms with E-state index < -0.39 is 0 Å². The Morgan fingerprint density at radius 3 is 3.04 bits per heavy atom. The molecule has 0 bridgehead atoms. The third-order valence-corrected chi connectivity index (χ3v) is 5.75. The molecule has 7 nitrogen and oxygen atoms in total. The number of piperidine rings is 1. The van der Waals surface area contributed by atoms with Gasteiger partial charge in [0.05, 0.1) is 11.0 Å². The van der Waals surface area contributed by atoms with Gasteiger partial charge in [0.25, 0.3) is 0 Å². The SMILES string of the molecule is Cc1nc2cc(CNC(=O)N3CCCC[C@@H]3CCn3cccn3)ccc2n1C. The molecule has 1 fully saturated rings. The van der Waals surface area contributed by atoms with E-state index in [4.69, 9.17) is 0 Å². The van der Waals surface area contributed by atoms with Gasteiger partial charge in [0, 0.05) is 45.1 Å². The molecule has 0 saturated carbocycles. The Morgan fingerprint density at radius 2 is 2.21 bits per heavy atom. The van der Waals surface area contributed by atoms with Crippen molar-refractivity contribution < 1.29 is 4.79 Å². The molecule has 0 radical (unpaired) electrons. The lowest BCUT2D eigenvalue weighted by molar-refractivity contribution is 0.143. The maximum atomic E-state index is 12.8. The van der Waals surface area contributed by atoms with Crippen LogP contribution in [0, 0.1) is 6.92 Å². The first kappa shape index (κ1) is 18.5. The number of nitrogens with zero attached hydrogens (tertiary/aromatic N) is 5. The molecule has 28 heavy (non-hydrogen) atoms. The zero-order chi connectivity index (χ0) is 19.5. The molecule has 7 heteroatoms. The third kappa shape index (κ3) is 3.88. The Bertz CT molecular complexity index is 945. The van der Waals surface area contributed by atoms with E-state index in [9.17, 15) is 4.79 Å². The van der Waals surface area contributed by atoms with Gasteiger partial charge in [-0.2, -0.15) is 5.10 Å². The summed E-state index contributed by atoms with van der Waals surface area (Å²) >= 11 is 0. The lowest BCUT2D eigenvalue weighted by Gasteiger charge is -2.35. The number of carbonyl (C=O) groups excluding carboxylic acids is 1. The lowest BCUT2D eigenvalue weighted by atomic mass is 10.00. The molecule has 1 aliphatic heterocycles. The second-order valence-corrected chi connectivity index (χ2v) is 7.60. The van der Waals surface area contributed by atoms with Crippen molar-refractivity contribution in [1.82, 2.24) is 29.5 Å². The molecule has 1 aliphatic rings. The number of fused-ring (bicyclic) bond motifs is 1. The number of urea groups is 1. The van der Waals surface area contributed by atoms with Gasteiger partial charge in [0.15, 0.2) is 0 Å². The second kappa shape index (κ2) is 8.04. The van der Waals surface area contributed by atoms with E-state index in [0.717, 1.165) is 54.8 Å². The number of benzene rings is 1. The van der Waals surface area contributed by atoms with Crippen LogP contribution in [0.25, 0.3) is 11.0 Å². The van der Waals surface area contributed by atoms with Gasteiger partial charge in [-0.15, -0.1) is 0 Å². The molecule has 3 heterocycles. The molecular weight excluding hydrogens is 352 g/mol. The number of hydrogen-bond donors (Lipinski definition) is 1. The number of carbonyl (C=O) groups is 1. The number of aryl methyl sites for hydroxylation is 3. The lowest BCUT2D eigenvalue weighted by Crippen LogP contribution is -2.48. The quantitative estimate of drug-likeness (QED) is 0.739. The van der Waals surface area contributed by atoms with Gasteiger partial charge in [-0.25, -0.2) is 9.78 Å². The monoisotopic (exact) mass is 380 g/mol. The van der Waals surface area contributed by atoms with Gasteiger partial charge in [-0.1, -0.05) is 6.07 Å². The highest BCUT2D eigenvalue weighted by atomic mass is 16.2. The molecule has 0 unspecified atom stereocenters. The van der Waals surface area contributed by atoms with Crippen LogP contribution in [-0.2, 0) is 20.1 Å². The molecule has 0 aliphatic carbocycles. The molecule has 2 amide bonds. The number of imidazole rings is 1. The summed E-state index contributed by atoms with van der Waals surface area (Å²) < 4.78 is 4.02. The van der Waals surface area contributed by atoms with Crippen molar-refractivity contribution in [1.29, 1.82) is 0 Å². The highest BCUT2D eigenvalue weighted by molar-refractivity contribution is 5.77. The zero-order valence-electron chi connectivity index (χ0n) is 16.6. The predicted octanol–water partition coefficient (Wildman–Crippen LogP) is 3.23. The summed E-state index contributed by atoms with van der Waals surface area (Å²) in [6, 6.07) is 8.44. The normalized spacial score (nSPS) is 17.2. The Morgan fingerprint density at radius 1 is 1.32 bits per heavy atom. The standard InChI is InChI=1S/C21H28N6O/c1-16-24-19-14-17(7-8-20(19)25(16)2)15-22-21(28)27-12-4-3-6-18(27)9-13-26-11-5-10-23-26/h5,7-8,10-11,14,18H,3-4,6,9,12-13,15H2,1-2H3,(H,22,28)/t18-/m1/s1. The van der Waals surface area contributed by atoms with Gasteiger partial charge in [-0.3, -0.25) is 4.68 Å². The molecule has 1 saturated heterocycles. The molecule has 0 spiro atoms. The van der Waals surface area contributed by atoms with Gasteiger partial charge in [0.1, 0.15) is 5.82 Å². The summed E-state index contributed by atoms with van der Waals surface area (Å²) in [6.07, 6.45) is 8.03. The average molecular weight is 380 g/mol. The van der Waals surface area contributed by atoms with E-state index in [-0.39, 0.29) is 12.1 Å². The summed E-state index contributed by atoms with van der Waals surface area (Å²) in [7, 11) is 2.02. The fourth-order valence-electron chi connectivity index (χ4n) is 4.04. The van der Waals surface area contributed by atoms with E-state index in [1.807, 2.05) is 35.8 Å². The van der Waals surface area contributed by atoms with Crippen LogP contribution in [0.4, 0.5) is 4.79 Å². The Labute approximate surface area is 165 Å². The number of amides is 2. The van der Waals surface area contributed by atoms with Gasteiger partial charge in [-0.05, 0) is 56.4 Å². The molecule has 148 valence electrons. The van der Waals surface area contributed by atoms with Crippen LogP contribution < -0.4 is 5.32 Å². The third-order valence-electron chi connectivity index (χ3n) is 5.75. The average Bonchev–Trinajstić information content (AvgIpc) is 3.33. The van der Waals surface area contributed by atoms with E-state index in [0.29, 0.717) is 6.54 Å². The molecule has 3 aromatic rings. The minimum Gasteiger partial charge on any atom is -0.334 e. The van der Waals surface area contributed by atoms with E-state index in [1.165, 1.54) is 6.42 Å². The zero-order valence-corrected chi connectivity index (χ0v) is 16.6. The maximum absolute atomic E-state index is 12.8. The van der Waals surface area contributed by atoms with Crippen molar-refractivity contribution >= 4 is 17.1 Å². The Hall–Kier alpha value is -2.83. The molecular formula is C21H28N6O. The van der Waals surface area contributed by atoms with Gasteiger partial charge < -0.3 is 14.8 Å². The van der Waals surface area contributed by atoms with Crippen molar-refractivity contribution in [3.63, 3.8) is 0 Å². The van der Waals surface area contributed by atoms with Gasteiger partial charge >= 0.3 is 6.03 Å². The molecule has 1 aromatic carbocycles. The topological polar surface area (TPSA) is 68.0 Å². The second-order valence-electron chi connectivity index (χ2n) is 7.60. The van der Waals surface area contributed by atoms with Crippen LogP contribution in [0.2, 0.25) is 0 Å². The first-order valence-corrected chi connectivity index (χ1v) is 10.1. The van der Waals surface area contributed by atoms with Crippen molar-refractivity contribution in [3.05, 3.63) is 48.0 Å². The van der Waals surface area contributed by atoms with E-state index >= 15 is 0 Å². The van der Waals surface area contributed by atoms with Crippen LogP contribution in [0.3, 0.4) is 0 Å². The van der Waals surface area contributed by atoms with Crippen LogP contribution in [0.15, 0.2) is 36.7 Å². The fraction of sp³-hybridized carbons (Fsp3) is 0.476. The highest BCUT2D eigenvalue weighted by Crippen LogP contribution is 2.21. The minimum atomic E-state index is 0.0301. The fourth-order valence-corrected chi connectivity index (χ4v) is 4.04. The van der Waals surface area contributed by atoms with Crippen molar-refractivity contribution in [2.45, 2.75) is 51.7 Å². The number of nitrogens with one attached hydrogen (secondary N) is 1. The smallest absolute Gasteiger partial charge is 0.317 e. The summed E-state index contributed by atoms with van der Waals surface area (Å²) in [5, 5.41) is 7.38. The summed E-state index contributed by atoms with van der Waals surface area (Å²) in [4.78, 5) is 19.4. The molecule has 1 N–H and O–H groups in total. The Kier molecular flexibility index (Phi) is 5.32. The van der Waals surface area contributed by atoms with E-state index in [2.05, 4.69) is 38.2 Å². The summed E-state index contributed by atoms with van der Waals surface area (Å²) in [5.74, 6) is 0.990. The largest absolute Gasteiger partial charge is 0.334 e. The highest BCUT2D eigenvalue weighted by Gasteiger charge is 2.26. The van der Waals surface area contributed by atoms with Crippen LogP contribution in [0.1, 0.15) is 37.1 Å². The van der Waals surface area contributed by atoms with Crippen LogP contribution in [0.5, 0.6) is 0 Å². The molecule has 4 rings (SSSR count). The number of rotatable bonds is 5. The van der Waals surface area contributed by atoms with E-state index in [1.54, 1.807) is 6.20 Å². The maximum Gasteiger partial charge on any atom is 0.317 e. The minimum absolute atomic E-state index is 0.0301. The number of hydrogen-bond acceptors (Lipinski definition) is 3. The first-order chi connectivity index (χ1) is 13.6. The van der Waals surface area contributed by atoms with Crippen molar-refractivity contribution in [3.8, 4) is 0 Å². The molecule has 1 atom stereocenters. The molecule has 2 aromatic heterocycles.